The minimum atomic E-state index is -0.490. The normalized spacial score (nSPS) is 10.1. The zero-order chi connectivity index (χ0) is 12.8. The lowest BCUT2D eigenvalue weighted by molar-refractivity contribution is 0.0513. The highest BCUT2D eigenvalue weighted by Crippen LogP contribution is 2.05. The lowest BCUT2D eigenvalue weighted by Crippen LogP contribution is -2.25. The topological polar surface area (TPSA) is 73.2 Å². The molecular weight excluding hydrogens is 242 g/mol. The molecule has 1 N–H and O–H groups in total. The Balaban J connectivity index is 2.80. The van der Waals surface area contributed by atoms with E-state index in [1.807, 2.05) is 0 Å². The van der Waals surface area contributed by atoms with Crippen molar-refractivity contribution < 1.29 is 14.3 Å². The molecule has 1 rings (SSSR count). The first-order valence-electron chi connectivity index (χ1n) is 5.20. The molecule has 1 aromatic rings. The van der Waals surface area contributed by atoms with Crippen LogP contribution in [-0.4, -0.2) is 40.6 Å². The van der Waals surface area contributed by atoms with Crippen molar-refractivity contribution in [1.82, 2.24) is 15.1 Å². The van der Waals surface area contributed by atoms with Crippen LogP contribution in [0.2, 0.25) is 0 Å². The number of aromatic nitrogens is 2. The monoisotopic (exact) mass is 257 g/mol. The summed E-state index contributed by atoms with van der Waals surface area (Å²) < 4.78 is 6.17. The molecule has 0 aromatic carbocycles. The summed E-state index contributed by atoms with van der Waals surface area (Å²) in [5.41, 5.74) is 0.445. The Bertz CT molecular complexity index is 417. The number of aryl methyl sites for hydroxylation is 1. The number of ether oxygens (including phenoxy) is 1. The number of hydrogen-bond acceptors (Lipinski definition) is 5. The molecule has 0 saturated heterocycles. The van der Waals surface area contributed by atoms with Gasteiger partial charge in [0, 0.05) is 25.4 Å². The number of amides is 1. The zero-order valence-electron chi connectivity index (χ0n) is 9.77. The van der Waals surface area contributed by atoms with Crippen LogP contribution in [0.25, 0.3) is 0 Å². The van der Waals surface area contributed by atoms with E-state index < -0.39 is 5.97 Å². The maximum Gasteiger partial charge on any atom is 0.356 e. The van der Waals surface area contributed by atoms with Gasteiger partial charge in [-0.15, -0.1) is 0 Å². The van der Waals surface area contributed by atoms with E-state index in [0.717, 1.165) is 0 Å². The summed E-state index contributed by atoms with van der Waals surface area (Å²) in [7, 11) is 1.58. The van der Waals surface area contributed by atoms with Gasteiger partial charge in [0.1, 0.15) is 5.69 Å². The zero-order valence-corrected chi connectivity index (χ0v) is 10.7. The van der Waals surface area contributed by atoms with E-state index >= 15 is 0 Å². The summed E-state index contributed by atoms with van der Waals surface area (Å²) in [6.07, 6.45) is 0. The highest BCUT2D eigenvalue weighted by molar-refractivity contribution is 7.80. The predicted octanol–water partition coefficient (Wildman–Crippen LogP) is 0.256. The second-order valence-corrected chi connectivity index (χ2v) is 3.69. The third-order valence-corrected chi connectivity index (χ3v) is 2.22. The van der Waals surface area contributed by atoms with Gasteiger partial charge in [0.05, 0.1) is 6.61 Å². The lowest BCUT2D eigenvalue weighted by Gasteiger charge is -1.99. The number of rotatable bonds is 5. The van der Waals surface area contributed by atoms with Crippen molar-refractivity contribution in [3.05, 3.63) is 17.5 Å². The molecule has 17 heavy (non-hydrogen) atoms. The van der Waals surface area contributed by atoms with Crippen LogP contribution in [0.5, 0.6) is 0 Å². The Morgan fingerprint density at radius 2 is 2.29 bits per heavy atom. The van der Waals surface area contributed by atoms with Crippen molar-refractivity contribution in [2.24, 2.45) is 7.05 Å². The van der Waals surface area contributed by atoms with Crippen LogP contribution in [0, 0.1) is 0 Å². The maximum absolute atomic E-state index is 11.6. The minimum absolute atomic E-state index is 0.192. The molecule has 6 nitrogen and oxygen atoms in total. The first-order valence-corrected chi connectivity index (χ1v) is 5.83. The second-order valence-electron chi connectivity index (χ2n) is 3.24. The molecule has 0 unspecified atom stereocenters. The van der Waals surface area contributed by atoms with Crippen molar-refractivity contribution in [3.8, 4) is 0 Å². The van der Waals surface area contributed by atoms with Crippen LogP contribution in [0.15, 0.2) is 6.07 Å². The van der Waals surface area contributed by atoms with E-state index in [1.165, 1.54) is 10.7 Å². The van der Waals surface area contributed by atoms with E-state index in [9.17, 15) is 9.59 Å². The summed E-state index contributed by atoms with van der Waals surface area (Å²) >= 11 is 3.98. The fourth-order valence-corrected chi connectivity index (χ4v) is 1.35. The Labute approximate surface area is 105 Å². The molecule has 0 atom stereocenters. The van der Waals surface area contributed by atoms with Crippen LogP contribution in [0.3, 0.4) is 0 Å². The van der Waals surface area contributed by atoms with E-state index in [2.05, 4.69) is 23.0 Å². The summed E-state index contributed by atoms with van der Waals surface area (Å²) in [4.78, 5) is 23.1. The number of carbonyl (C=O) groups excluding carboxylic acids is 2. The van der Waals surface area contributed by atoms with E-state index in [0.29, 0.717) is 12.3 Å². The molecular formula is C10H15N3O3S. The summed E-state index contributed by atoms with van der Waals surface area (Å²) in [5, 5.41) is 6.56. The van der Waals surface area contributed by atoms with E-state index in [1.54, 1.807) is 14.0 Å². The Morgan fingerprint density at radius 3 is 2.88 bits per heavy atom. The number of hydrogen-bond donors (Lipinski definition) is 2. The Hall–Kier alpha value is -1.50. The summed E-state index contributed by atoms with van der Waals surface area (Å²) in [5.74, 6) is -0.274. The standard InChI is InChI=1S/C10H15N3O3S/c1-3-16-10(15)8-6-7(12-13(8)2)9(14)11-4-5-17/h6,17H,3-5H2,1-2H3,(H,11,14). The maximum atomic E-state index is 11.6. The van der Waals surface area contributed by atoms with Crippen molar-refractivity contribution in [1.29, 1.82) is 0 Å². The van der Waals surface area contributed by atoms with Crippen molar-refractivity contribution >= 4 is 24.5 Å². The molecule has 0 aliphatic heterocycles. The van der Waals surface area contributed by atoms with Crippen LogP contribution in [-0.2, 0) is 11.8 Å². The van der Waals surface area contributed by atoms with Gasteiger partial charge >= 0.3 is 5.97 Å². The Morgan fingerprint density at radius 1 is 1.59 bits per heavy atom. The predicted molar refractivity (Wildman–Crippen MR) is 65.4 cm³/mol. The average molecular weight is 257 g/mol. The first kappa shape index (κ1) is 13.6. The van der Waals surface area contributed by atoms with Crippen molar-refractivity contribution in [2.45, 2.75) is 6.92 Å². The van der Waals surface area contributed by atoms with Gasteiger partial charge in [0.15, 0.2) is 5.69 Å². The number of nitrogens with one attached hydrogen (secondary N) is 1. The van der Waals surface area contributed by atoms with Gasteiger partial charge in [-0.05, 0) is 6.92 Å². The third-order valence-electron chi connectivity index (χ3n) is 1.99. The molecule has 0 radical (unpaired) electrons. The molecule has 0 saturated carbocycles. The third kappa shape index (κ3) is 3.48. The lowest BCUT2D eigenvalue weighted by atomic mass is 10.3. The molecule has 0 spiro atoms. The number of esters is 1. The molecule has 0 fully saturated rings. The quantitative estimate of drug-likeness (QED) is 0.586. The number of nitrogens with zero attached hydrogens (tertiary/aromatic N) is 2. The molecule has 1 aromatic heterocycles. The molecule has 0 bridgehead atoms. The SMILES string of the molecule is CCOC(=O)c1cc(C(=O)NCCS)nn1C. The second kappa shape index (κ2) is 6.29. The highest BCUT2D eigenvalue weighted by atomic mass is 32.1. The number of thiol groups is 1. The number of carbonyl (C=O) groups is 2. The molecule has 7 heteroatoms. The largest absolute Gasteiger partial charge is 0.461 e. The van der Waals surface area contributed by atoms with E-state index in [-0.39, 0.29) is 23.9 Å². The van der Waals surface area contributed by atoms with Gasteiger partial charge in [-0.3, -0.25) is 9.48 Å². The van der Waals surface area contributed by atoms with Gasteiger partial charge < -0.3 is 10.1 Å². The van der Waals surface area contributed by atoms with Crippen LogP contribution >= 0.6 is 12.6 Å². The van der Waals surface area contributed by atoms with Crippen LogP contribution in [0.4, 0.5) is 0 Å². The highest BCUT2D eigenvalue weighted by Gasteiger charge is 2.17. The van der Waals surface area contributed by atoms with E-state index in [4.69, 9.17) is 4.74 Å². The Kier molecular flexibility index (Phi) is 5.02. The van der Waals surface area contributed by atoms with Gasteiger partial charge in [0.25, 0.3) is 5.91 Å². The smallest absolute Gasteiger partial charge is 0.356 e. The summed E-state index contributed by atoms with van der Waals surface area (Å²) in [6, 6.07) is 1.41. The minimum Gasteiger partial charge on any atom is -0.461 e. The molecule has 0 aliphatic rings. The fourth-order valence-electron chi connectivity index (χ4n) is 1.23. The van der Waals surface area contributed by atoms with Gasteiger partial charge in [-0.2, -0.15) is 17.7 Å². The fraction of sp³-hybridized carbons (Fsp3) is 0.500. The van der Waals surface area contributed by atoms with Crippen LogP contribution in [0.1, 0.15) is 27.9 Å². The van der Waals surface area contributed by atoms with Gasteiger partial charge in [-0.1, -0.05) is 0 Å². The first-order chi connectivity index (χ1) is 8.10. The van der Waals surface area contributed by atoms with Gasteiger partial charge in [-0.25, -0.2) is 4.79 Å². The average Bonchev–Trinajstić information content (AvgIpc) is 2.68. The van der Waals surface area contributed by atoms with Crippen molar-refractivity contribution in [2.75, 3.05) is 18.9 Å². The molecule has 0 aliphatic carbocycles. The molecule has 94 valence electrons. The van der Waals surface area contributed by atoms with Crippen LogP contribution < -0.4 is 5.32 Å². The molecule has 1 heterocycles. The van der Waals surface area contributed by atoms with Gasteiger partial charge in [0.2, 0.25) is 0 Å². The van der Waals surface area contributed by atoms with Crippen molar-refractivity contribution in [3.63, 3.8) is 0 Å². The summed E-state index contributed by atoms with van der Waals surface area (Å²) in [6.45, 7) is 2.45. The molecule has 1 amide bonds.